The van der Waals surface area contributed by atoms with Gasteiger partial charge in [0.25, 0.3) is 11.8 Å². The third kappa shape index (κ3) is 5.39. The Hall–Kier alpha value is -3.51. The molecule has 164 valence electrons. The van der Waals surface area contributed by atoms with Crippen molar-refractivity contribution in [3.8, 4) is 5.75 Å². The van der Waals surface area contributed by atoms with Crippen LogP contribution in [0.3, 0.4) is 0 Å². The molecular formula is C25H24ClN3O3. The molecule has 7 heteroatoms. The molecular weight excluding hydrogens is 426 g/mol. The van der Waals surface area contributed by atoms with Crippen LogP contribution in [0.5, 0.6) is 5.75 Å². The van der Waals surface area contributed by atoms with E-state index in [0.29, 0.717) is 27.7 Å². The van der Waals surface area contributed by atoms with Gasteiger partial charge < -0.3 is 20.7 Å². The second-order valence-corrected chi connectivity index (χ2v) is 8.06. The predicted octanol–water partition coefficient (Wildman–Crippen LogP) is 5.03. The number of hydrogen-bond acceptors (Lipinski definition) is 4. The Morgan fingerprint density at radius 2 is 1.75 bits per heavy atom. The maximum atomic E-state index is 13.2. The van der Waals surface area contributed by atoms with Gasteiger partial charge in [-0.25, -0.2) is 0 Å². The van der Waals surface area contributed by atoms with Gasteiger partial charge in [-0.1, -0.05) is 48.0 Å². The highest BCUT2D eigenvalue weighted by Gasteiger charge is 2.24. The van der Waals surface area contributed by atoms with Crippen molar-refractivity contribution in [3.05, 3.63) is 88.9 Å². The Bertz CT molecular complexity index is 1120. The van der Waals surface area contributed by atoms with Gasteiger partial charge in [-0.2, -0.15) is 0 Å². The largest absolute Gasteiger partial charge is 0.495 e. The molecule has 4 rings (SSSR count). The summed E-state index contributed by atoms with van der Waals surface area (Å²) in [6.07, 6.45) is 2.05. The first-order chi connectivity index (χ1) is 15.5. The van der Waals surface area contributed by atoms with E-state index in [1.807, 2.05) is 36.4 Å². The summed E-state index contributed by atoms with van der Waals surface area (Å²) in [5, 5.41) is 9.56. The Morgan fingerprint density at radius 3 is 2.44 bits per heavy atom. The summed E-state index contributed by atoms with van der Waals surface area (Å²) in [5.74, 6) is 0.165. The lowest BCUT2D eigenvalue weighted by Gasteiger charge is -2.21. The van der Waals surface area contributed by atoms with E-state index in [-0.39, 0.29) is 17.9 Å². The van der Waals surface area contributed by atoms with Crippen molar-refractivity contribution in [2.45, 2.75) is 24.9 Å². The molecule has 0 heterocycles. The molecule has 3 N–H and O–H groups in total. The van der Waals surface area contributed by atoms with Crippen molar-refractivity contribution in [2.24, 2.45) is 0 Å². The third-order valence-electron chi connectivity index (χ3n) is 5.16. The van der Waals surface area contributed by atoms with E-state index < -0.39 is 6.04 Å². The molecule has 3 aromatic carbocycles. The van der Waals surface area contributed by atoms with Gasteiger partial charge in [0.1, 0.15) is 11.8 Å². The predicted molar refractivity (Wildman–Crippen MR) is 126 cm³/mol. The number of nitrogens with one attached hydrogen (secondary N) is 3. The fourth-order valence-electron chi connectivity index (χ4n) is 3.32. The van der Waals surface area contributed by atoms with Crippen molar-refractivity contribution in [2.75, 3.05) is 17.7 Å². The number of carbonyl (C=O) groups excluding carboxylic acids is 2. The molecule has 3 aromatic rings. The van der Waals surface area contributed by atoms with Crippen molar-refractivity contribution in [1.29, 1.82) is 0 Å². The molecule has 1 aliphatic carbocycles. The average Bonchev–Trinajstić information content (AvgIpc) is 3.62. The fraction of sp³-hybridized carbons (Fsp3) is 0.200. The summed E-state index contributed by atoms with van der Waals surface area (Å²) in [7, 11) is 1.54. The summed E-state index contributed by atoms with van der Waals surface area (Å²) in [5.41, 5.74) is 2.57. The zero-order valence-corrected chi connectivity index (χ0v) is 18.4. The first-order valence-corrected chi connectivity index (χ1v) is 10.8. The monoisotopic (exact) mass is 449 g/mol. The minimum absolute atomic E-state index is 0.107. The first kappa shape index (κ1) is 21.7. The molecule has 1 atom stereocenters. The SMILES string of the molecule is COc1ccc(NC(=O)C(Nc2cccc(C(=O)NC3CC3)c2)c2ccccc2)cc1Cl. The van der Waals surface area contributed by atoms with Gasteiger partial charge in [0, 0.05) is 23.0 Å². The number of anilines is 2. The van der Waals surface area contributed by atoms with Gasteiger partial charge in [-0.15, -0.1) is 0 Å². The zero-order valence-electron chi connectivity index (χ0n) is 17.6. The zero-order chi connectivity index (χ0) is 22.5. The standard InChI is InChI=1S/C25H24ClN3O3/c1-32-22-13-12-20(15-21(22)26)29-25(31)23(16-6-3-2-4-7-16)27-19-9-5-8-17(14-19)24(30)28-18-10-11-18/h2-9,12-15,18,23,27H,10-11H2,1H3,(H,28,30)(H,29,31). The molecule has 0 saturated heterocycles. The molecule has 0 spiro atoms. The van der Waals surface area contributed by atoms with Crippen LogP contribution in [0.25, 0.3) is 0 Å². The second-order valence-electron chi connectivity index (χ2n) is 7.66. The lowest BCUT2D eigenvalue weighted by Crippen LogP contribution is -2.28. The molecule has 6 nitrogen and oxygen atoms in total. The highest BCUT2D eigenvalue weighted by molar-refractivity contribution is 6.32. The van der Waals surface area contributed by atoms with E-state index in [2.05, 4.69) is 16.0 Å². The summed E-state index contributed by atoms with van der Waals surface area (Å²) >= 11 is 6.20. The van der Waals surface area contributed by atoms with Crippen molar-refractivity contribution < 1.29 is 14.3 Å². The molecule has 1 saturated carbocycles. The number of halogens is 1. The number of rotatable bonds is 8. The molecule has 1 fully saturated rings. The number of ether oxygens (including phenoxy) is 1. The number of amides is 2. The minimum Gasteiger partial charge on any atom is -0.495 e. The fourth-order valence-corrected chi connectivity index (χ4v) is 3.58. The van der Waals surface area contributed by atoms with Gasteiger partial charge in [0.15, 0.2) is 0 Å². The lowest BCUT2D eigenvalue weighted by molar-refractivity contribution is -0.117. The molecule has 0 radical (unpaired) electrons. The van der Waals surface area contributed by atoms with E-state index >= 15 is 0 Å². The highest BCUT2D eigenvalue weighted by atomic mass is 35.5. The van der Waals surface area contributed by atoms with Crippen LogP contribution >= 0.6 is 11.6 Å². The normalized spacial score (nSPS) is 13.7. The number of hydrogen-bond donors (Lipinski definition) is 3. The second kappa shape index (κ2) is 9.75. The van der Waals surface area contributed by atoms with E-state index in [0.717, 1.165) is 18.4 Å². The lowest BCUT2D eigenvalue weighted by atomic mass is 10.0. The Morgan fingerprint density at radius 1 is 0.969 bits per heavy atom. The Labute approximate surface area is 191 Å². The van der Waals surface area contributed by atoms with Gasteiger partial charge in [0.05, 0.1) is 12.1 Å². The quantitative estimate of drug-likeness (QED) is 0.450. The van der Waals surface area contributed by atoms with Crippen LogP contribution in [0.4, 0.5) is 11.4 Å². The van der Waals surface area contributed by atoms with Crippen LogP contribution in [-0.4, -0.2) is 25.0 Å². The number of carbonyl (C=O) groups is 2. The van der Waals surface area contributed by atoms with Crippen LogP contribution in [-0.2, 0) is 4.79 Å². The summed E-state index contributed by atoms with van der Waals surface area (Å²) < 4.78 is 5.17. The van der Waals surface area contributed by atoms with Crippen molar-refractivity contribution in [3.63, 3.8) is 0 Å². The number of benzene rings is 3. The van der Waals surface area contributed by atoms with Gasteiger partial charge >= 0.3 is 0 Å². The summed E-state index contributed by atoms with van der Waals surface area (Å²) in [6, 6.07) is 21.2. The maximum absolute atomic E-state index is 13.2. The molecule has 2 amide bonds. The van der Waals surface area contributed by atoms with Crippen molar-refractivity contribution in [1.82, 2.24) is 5.32 Å². The van der Waals surface area contributed by atoms with Crippen LogP contribution < -0.4 is 20.7 Å². The van der Waals surface area contributed by atoms with E-state index in [4.69, 9.17) is 16.3 Å². The van der Waals surface area contributed by atoms with E-state index in [9.17, 15) is 9.59 Å². The van der Waals surface area contributed by atoms with Crippen LogP contribution in [0.2, 0.25) is 5.02 Å². The van der Waals surface area contributed by atoms with Crippen LogP contribution in [0.15, 0.2) is 72.8 Å². The maximum Gasteiger partial charge on any atom is 0.251 e. The van der Waals surface area contributed by atoms with E-state index in [1.165, 1.54) is 7.11 Å². The molecule has 0 aliphatic heterocycles. The summed E-state index contributed by atoms with van der Waals surface area (Å²) in [6.45, 7) is 0. The highest BCUT2D eigenvalue weighted by Crippen LogP contribution is 2.29. The molecule has 32 heavy (non-hydrogen) atoms. The van der Waals surface area contributed by atoms with Crippen LogP contribution in [0, 0.1) is 0 Å². The average molecular weight is 450 g/mol. The van der Waals surface area contributed by atoms with Crippen LogP contribution in [0.1, 0.15) is 34.8 Å². The Balaban J connectivity index is 1.55. The molecule has 0 aromatic heterocycles. The Kier molecular flexibility index (Phi) is 6.61. The first-order valence-electron chi connectivity index (χ1n) is 10.4. The van der Waals surface area contributed by atoms with Gasteiger partial charge in [-0.05, 0) is 54.8 Å². The topological polar surface area (TPSA) is 79.5 Å². The minimum atomic E-state index is -0.682. The third-order valence-corrected chi connectivity index (χ3v) is 5.46. The molecule has 0 bridgehead atoms. The molecule has 1 unspecified atom stereocenters. The van der Waals surface area contributed by atoms with Crippen molar-refractivity contribution >= 4 is 34.8 Å². The smallest absolute Gasteiger partial charge is 0.251 e. The van der Waals surface area contributed by atoms with Gasteiger partial charge in [-0.3, -0.25) is 9.59 Å². The van der Waals surface area contributed by atoms with Gasteiger partial charge in [0.2, 0.25) is 0 Å². The van der Waals surface area contributed by atoms with E-state index in [1.54, 1.807) is 36.4 Å². The molecule has 1 aliphatic rings. The number of methoxy groups -OCH3 is 1. The summed E-state index contributed by atoms with van der Waals surface area (Å²) in [4.78, 5) is 25.6.